The minimum absolute atomic E-state index is 0.370. The molecule has 0 amide bonds. The van der Waals surface area contributed by atoms with Gasteiger partial charge < -0.3 is 14.2 Å². The Bertz CT molecular complexity index is 668. The van der Waals surface area contributed by atoms with Crippen LogP contribution in [-0.2, 0) is 6.42 Å². The molecule has 2 aromatic carbocycles. The van der Waals surface area contributed by atoms with Gasteiger partial charge in [0.05, 0.1) is 11.1 Å². The molecule has 2 rings (SSSR count). The molecule has 0 spiro atoms. The van der Waals surface area contributed by atoms with E-state index in [-0.39, 0.29) is 0 Å². The van der Waals surface area contributed by atoms with E-state index in [1.54, 1.807) is 12.1 Å². The summed E-state index contributed by atoms with van der Waals surface area (Å²) in [6.07, 6.45) is 1.79. The Kier molecular flexibility index (Phi) is 7.12. The van der Waals surface area contributed by atoms with Gasteiger partial charge in [-0.1, -0.05) is 19.1 Å². The lowest BCUT2D eigenvalue weighted by atomic mass is 10.2. The van der Waals surface area contributed by atoms with E-state index >= 15 is 0 Å². The van der Waals surface area contributed by atoms with Crippen LogP contribution in [0.1, 0.15) is 29.8 Å². The molecule has 0 bridgehead atoms. The second-order valence-electron chi connectivity index (χ2n) is 5.08. The van der Waals surface area contributed by atoms with Crippen molar-refractivity contribution in [3.63, 3.8) is 0 Å². The molecule has 0 N–H and O–H groups in total. The van der Waals surface area contributed by atoms with Crippen LogP contribution < -0.4 is 14.2 Å². The number of carbonyl (C=O) groups excluding carboxylic acids is 1. The Morgan fingerprint density at radius 1 is 1.00 bits per heavy atom. The number of halogens is 1. The maximum Gasteiger partial charge on any atom is 0.175 e. The summed E-state index contributed by atoms with van der Waals surface area (Å²) in [6, 6.07) is 11.4. The summed E-state index contributed by atoms with van der Waals surface area (Å²) in [6.45, 7) is 5.28. The highest BCUT2D eigenvalue weighted by Gasteiger charge is 2.12. The van der Waals surface area contributed by atoms with E-state index < -0.39 is 0 Å². The molecule has 128 valence electrons. The van der Waals surface area contributed by atoms with E-state index in [4.69, 9.17) is 14.2 Å². The molecule has 0 saturated carbocycles. The molecule has 0 atom stereocenters. The Hall–Kier alpha value is -2.01. The Morgan fingerprint density at radius 3 is 2.33 bits per heavy atom. The molecule has 24 heavy (non-hydrogen) atoms. The smallest absolute Gasteiger partial charge is 0.175 e. The highest BCUT2D eigenvalue weighted by molar-refractivity contribution is 9.10. The van der Waals surface area contributed by atoms with Gasteiger partial charge in [0.25, 0.3) is 0 Å². The van der Waals surface area contributed by atoms with Gasteiger partial charge in [-0.15, -0.1) is 0 Å². The SMILES string of the molecule is CCOc1cc(C=O)cc(Br)c1OCCOc1ccc(CC)cc1. The van der Waals surface area contributed by atoms with E-state index in [2.05, 4.69) is 35.0 Å². The number of carbonyl (C=O) groups is 1. The van der Waals surface area contributed by atoms with Crippen LogP contribution in [0.2, 0.25) is 0 Å². The summed E-state index contributed by atoms with van der Waals surface area (Å²) < 4.78 is 17.7. The topological polar surface area (TPSA) is 44.8 Å². The number of hydrogen-bond donors (Lipinski definition) is 0. The van der Waals surface area contributed by atoms with E-state index in [9.17, 15) is 4.79 Å². The van der Waals surface area contributed by atoms with Crippen LogP contribution in [-0.4, -0.2) is 26.1 Å². The van der Waals surface area contributed by atoms with Gasteiger partial charge in [-0.2, -0.15) is 0 Å². The first kappa shape index (κ1) is 18.3. The quantitative estimate of drug-likeness (QED) is 0.458. The van der Waals surface area contributed by atoms with E-state index in [1.165, 1.54) is 5.56 Å². The zero-order valence-electron chi connectivity index (χ0n) is 13.9. The van der Waals surface area contributed by atoms with Crippen LogP contribution >= 0.6 is 15.9 Å². The number of benzene rings is 2. The van der Waals surface area contributed by atoms with Crippen molar-refractivity contribution in [1.29, 1.82) is 0 Å². The molecule has 2 aromatic rings. The summed E-state index contributed by atoms with van der Waals surface area (Å²) in [4.78, 5) is 11.0. The summed E-state index contributed by atoms with van der Waals surface area (Å²) in [5, 5.41) is 0. The lowest BCUT2D eigenvalue weighted by Crippen LogP contribution is -2.10. The van der Waals surface area contributed by atoms with Crippen molar-refractivity contribution in [1.82, 2.24) is 0 Å². The van der Waals surface area contributed by atoms with Crippen molar-refractivity contribution in [3.8, 4) is 17.2 Å². The molecule has 0 heterocycles. The van der Waals surface area contributed by atoms with Crippen molar-refractivity contribution in [2.75, 3.05) is 19.8 Å². The predicted molar refractivity (Wildman–Crippen MR) is 97.5 cm³/mol. The first-order chi connectivity index (χ1) is 11.7. The van der Waals surface area contributed by atoms with Crippen LogP contribution in [0.25, 0.3) is 0 Å². The third-order valence-corrected chi connectivity index (χ3v) is 3.99. The highest BCUT2D eigenvalue weighted by Crippen LogP contribution is 2.36. The Balaban J connectivity index is 1.94. The Morgan fingerprint density at radius 2 is 1.71 bits per heavy atom. The molecule has 5 heteroatoms. The number of aldehydes is 1. The second-order valence-corrected chi connectivity index (χ2v) is 5.93. The van der Waals surface area contributed by atoms with Gasteiger partial charge in [0.2, 0.25) is 0 Å². The normalized spacial score (nSPS) is 10.3. The summed E-state index contributed by atoms with van der Waals surface area (Å²) in [5.74, 6) is 1.94. The Labute approximate surface area is 150 Å². The zero-order chi connectivity index (χ0) is 17.4. The fourth-order valence-electron chi connectivity index (χ4n) is 2.18. The average molecular weight is 393 g/mol. The first-order valence-corrected chi connectivity index (χ1v) is 8.73. The molecule has 0 aromatic heterocycles. The van der Waals surface area contributed by atoms with Crippen LogP contribution in [0.15, 0.2) is 40.9 Å². The van der Waals surface area contributed by atoms with Gasteiger partial charge in [0, 0.05) is 5.56 Å². The van der Waals surface area contributed by atoms with Gasteiger partial charge in [-0.05, 0) is 59.1 Å². The van der Waals surface area contributed by atoms with Crippen LogP contribution in [0.3, 0.4) is 0 Å². The summed E-state index contributed by atoms with van der Waals surface area (Å²) >= 11 is 3.42. The van der Waals surface area contributed by atoms with Crippen LogP contribution in [0.4, 0.5) is 0 Å². The third-order valence-electron chi connectivity index (χ3n) is 3.40. The molecule has 0 radical (unpaired) electrons. The fraction of sp³-hybridized carbons (Fsp3) is 0.316. The molecule has 4 nitrogen and oxygen atoms in total. The maximum atomic E-state index is 11.0. The van der Waals surface area contributed by atoms with E-state index in [1.807, 2.05) is 19.1 Å². The molecule has 0 aliphatic rings. The highest BCUT2D eigenvalue weighted by atomic mass is 79.9. The minimum atomic E-state index is 0.370. The van der Waals surface area contributed by atoms with Gasteiger partial charge in [-0.25, -0.2) is 0 Å². The fourth-order valence-corrected chi connectivity index (χ4v) is 2.76. The number of rotatable bonds is 9. The van der Waals surface area contributed by atoms with Crippen molar-refractivity contribution in [2.45, 2.75) is 20.3 Å². The first-order valence-electron chi connectivity index (χ1n) is 7.94. The van der Waals surface area contributed by atoms with Crippen molar-refractivity contribution < 1.29 is 19.0 Å². The lowest BCUT2D eigenvalue weighted by molar-refractivity contribution is 0.112. The van der Waals surface area contributed by atoms with Gasteiger partial charge in [-0.3, -0.25) is 4.79 Å². The molecule has 0 aliphatic heterocycles. The molecule has 0 saturated heterocycles. The average Bonchev–Trinajstić information content (AvgIpc) is 2.60. The lowest BCUT2D eigenvalue weighted by Gasteiger charge is -2.14. The summed E-state index contributed by atoms with van der Waals surface area (Å²) in [5.41, 5.74) is 1.81. The molecular weight excluding hydrogens is 372 g/mol. The van der Waals surface area contributed by atoms with Crippen LogP contribution in [0, 0.1) is 0 Å². The van der Waals surface area contributed by atoms with Crippen molar-refractivity contribution >= 4 is 22.2 Å². The number of aryl methyl sites for hydroxylation is 1. The monoisotopic (exact) mass is 392 g/mol. The van der Waals surface area contributed by atoms with Crippen LogP contribution in [0.5, 0.6) is 17.2 Å². The summed E-state index contributed by atoms with van der Waals surface area (Å²) in [7, 11) is 0. The number of hydrogen-bond acceptors (Lipinski definition) is 4. The third kappa shape index (κ3) is 4.99. The predicted octanol–water partition coefficient (Wildman–Crippen LogP) is 4.68. The molecular formula is C19H21BrO4. The standard InChI is InChI=1S/C19H21BrO4/c1-3-14-5-7-16(8-6-14)23-9-10-24-19-17(20)11-15(13-21)12-18(19)22-4-2/h5-8,11-13H,3-4,9-10H2,1-2H3. The minimum Gasteiger partial charge on any atom is -0.490 e. The van der Waals surface area contributed by atoms with Crippen molar-refractivity contribution in [2.24, 2.45) is 0 Å². The molecule has 0 aliphatic carbocycles. The maximum absolute atomic E-state index is 11.0. The van der Waals surface area contributed by atoms with Gasteiger partial charge >= 0.3 is 0 Å². The molecule has 0 unspecified atom stereocenters. The molecule has 0 fully saturated rings. The zero-order valence-corrected chi connectivity index (χ0v) is 15.5. The largest absolute Gasteiger partial charge is 0.490 e. The van der Waals surface area contributed by atoms with E-state index in [0.717, 1.165) is 18.5 Å². The van der Waals surface area contributed by atoms with E-state index in [0.29, 0.717) is 41.4 Å². The van der Waals surface area contributed by atoms with Gasteiger partial charge in [0.1, 0.15) is 25.2 Å². The van der Waals surface area contributed by atoms with Gasteiger partial charge in [0.15, 0.2) is 11.5 Å². The van der Waals surface area contributed by atoms with Crippen molar-refractivity contribution in [3.05, 3.63) is 52.0 Å². The number of ether oxygens (including phenoxy) is 3. The second kappa shape index (κ2) is 9.33.